The van der Waals surface area contributed by atoms with Gasteiger partial charge in [0, 0.05) is 12.2 Å². The first-order valence-electron chi connectivity index (χ1n) is 6.33. The molecule has 1 aliphatic rings. The lowest BCUT2D eigenvalue weighted by molar-refractivity contribution is -0.116. The topological polar surface area (TPSA) is 109 Å². The minimum atomic E-state index is -0.421. The molecule has 0 aliphatic heterocycles. The lowest BCUT2D eigenvalue weighted by Crippen LogP contribution is -2.41. The van der Waals surface area contributed by atoms with Gasteiger partial charge in [-0.25, -0.2) is 4.98 Å². The molecule has 0 saturated heterocycles. The molecule has 0 radical (unpaired) electrons. The number of nitrogens with two attached hydrogens (primary N) is 2. The number of hydrogen-bond acceptors (Lipinski definition) is 5. The Morgan fingerprint density at radius 1 is 1.53 bits per heavy atom. The summed E-state index contributed by atoms with van der Waals surface area (Å²) in [7, 11) is 0. The Labute approximate surface area is 112 Å². The highest BCUT2D eigenvalue weighted by Gasteiger charge is 2.26. The Morgan fingerprint density at radius 3 is 2.79 bits per heavy atom. The van der Waals surface area contributed by atoms with Gasteiger partial charge >= 0.3 is 0 Å². The number of amides is 1. The van der Waals surface area contributed by atoms with Crippen molar-refractivity contribution in [1.82, 2.24) is 4.98 Å². The van der Waals surface area contributed by atoms with Crippen molar-refractivity contribution in [1.29, 1.82) is 5.26 Å². The van der Waals surface area contributed by atoms with Crippen LogP contribution >= 0.6 is 0 Å². The van der Waals surface area contributed by atoms with Crippen molar-refractivity contribution in [3.05, 3.63) is 17.8 Å². The standard InChI is InChI=1S/C13H17N5O/c14-7-9-5-6-17-13(12(9)16)18(8-11(15)19)10-3-1-2-4-10/h5-6,10H,1-4,8,16H2,(H2,15,19). The minimum absolute atomic E-state index is 0.0801. The van der Waals surface area contributed by atoms with Gasteiger partial charge in [-0.05, 0) is 18.9 Å². The van der Waals surface area contributed by atoms with Crippen molar-refractivity contribution >= 4 is 17.4 Å². The molecule has 1 fully saturated rings. The van der Waals surface area contributed by atoms with E-state index in [0.717, 1.165) is 25.7 Å². The number of anilines is 2. The van der Waals surface area contributed by atoms with Crippen LogP contribution in [-0.2, 0) is 4.79 Å². The molecule has 0 atom stereocenters. The van der Waals surface area contributed by atoms with Crippen LogP contribution in [0.5, 0.6) is 0 Å². The third-order valence-corrected chi connectivity index (χ3v) is 3.45. The van der Waals surface area contributed by atoms with Crippen LogP contribution in [0.25, 0.3) is 0 Å². The third kappa shape index (κ3) is 2.76. The molecule has 100 valence electrons. The Hall–Kier alpha value is -2.29. The Bertz CT molecular complexity index is 516. The van der Waals surface area contributed by atoms with E-state index >= 15 is 0 Å². The molecule has 6 nitrogen and oxygen atoms in total. The number of aromatic nitrogens is 1. The highest BCUT2D eigenvalue weighted by molar-refractivity contribution is 5.81. The van der Waals surface area contributed by atoms with Crippen LogP contribution in [0.2, 0.25) is 0 Å². The van der Waals surface area contributed by atoms with Gasteiger partial charge in [0.25, 0.3) is 0 Å². The number of hydrogen-bond donors (Lipinski definition) is 2. The van der Waals surface area contributed by atoms with Gasteiger partial charge in [-0.2, -0.15) is 5.26 Å². The number of carbonyl (C=O) groups excluding carboxylic acids is 1. The maximum atomic E-state index is 11.3. The van der Waals surface area contributed by atoms with Crippen LogP contribution < -0.4 is 16.4 Å². The first-order valence-corrected chi connectivity index (χ1v) is 6.33. The molecular weight excluding hydrogens is 242 g/mol. The SMILES string of the molecule is N#Cc1ccnc(N(CC(N)=O)C2CCCC2)c1N. The van der Waals surface area contributed by atoms with E-state index in [-0.39, 0.29) is 12.6 Å². The molecule has 0 bridgehead atoms. The van der Waals surface area contributed by atoms with Gasteiger partial charge in [0.2, 0.25) is 5.91 Å². The van der Waals surface area contributed by atoms with Gasteiger partial charge in [0.15, 0.2) is 5.82 Å². The lowest BCUT2D eigenvalue weighted by atomic mass is 10.1. The van der Waals surface area contributed by atoms with E-state index < -0.39 is 5.91 Å². The molecule has 1 saturated carbocycles. The largest absolute Gasteiger partial charge is 0.395 e. The summed E-state index contributed by atoms with van der Waals surface area (Å²) < 4.78 is 0. The summed E-state index contributed by atoms with van der Waals surface area (Å²) in [6.07, 6.45) is 5.76. The molecule has 19 heavy (non-hydrogen) atoms. The number of primary amides is 1. The van der Waals surface area contributed by atoms with Crippen LogP contribution in [0.15, 0.2) is 12.3 Å². The highest BCUT2D eigenvalue weighted by atomic mass is 16.1. The van der Waals surface area contributed by atoms with E-state index in [4.69, 9.17) is 16.7 Å². The highest BCUT2D eigenvalue weighted by Crippen LogP contribution is 2.31. The van der Waals surface area contributed by atoms with Crippen LogP contribution in [0.3, 0.4) is 0 Å². The zero-order valence-corrected chi connectivity index (χ0v) is 10.7. The quantitative estimate of drug-likeness (QED) is 0.830. The van der Waals surface area contributed by atoms with Crippen LogP contribution in [0.1, 0.15) is 31.2 Å². The van der Waals surface area contributed by atoms with Gasteiger partial charge in [-0.3, -0.25) is 4.79 Å². The molecule has 0 aromatic carbocycles. The number of rotatable bonds is 4. The van der Waals surface area contributed by atoms with Gasteiger partial charge in [-0.15, -0.1) is 0 Å². The van der Waals surface area contributed by atoms with E-state index in [1.54, 1.807) is 6.07 Å². The first-order chi connectivity index (χ1) is 9.13. The fourth-order valence-electron chi connectivity index (χ4n) is 2.55. The maximum Gasteiger partial charge on any atom is 0.237 e. The molecule has 0 spiro atoms. The van der Waals surface area contributed by atoms with Crippen molar-refractivity contribution in [2.24, 2.45) is 5.73 Å². The van der Waals surface area contributed by atoms with Gasteiger partial charge in [0.1, 0.15) is 6.07 Å². The van der Waals surface area contributed by atoms with Crippen LogP contribution in [-0.4, -0.2) is 23.5 Å². The number of pyridine rings is 1. The molecular formula is C13H17N5O. The van der Waals surface area contributed by atoms with E-state index in [1.165, 1.54) is 6.20 Å². The Kier molecular flexibility index (Phi) is 3.85. The second-order valence-electron chi connectivity index (χ2n) is 4.74. The molecule has 1 amide bonds. The average molecular weight is 259 g/mol. The first kappa shape index (κ1) is 13.1. The average Bonchev–Trinajstić information content (AvgIpc) is 2.90. The predicted molar refractivity (Wildman–Crippen MR) is 72.2 cm³/mol. The van der Waals surface area contributed by atoms with Crippen LogP contribution in [0.4, 0.5) is 11.5 Å². The summed E-state index contributed by atoms with van der Waals surface area (Å²) in [6, 6.07) is 3.81. The molecule has 1 aliphatic carbocycles. The van der Waals surface area contributed by atoms with E-state index in [0.29, 0.717) is 17.1 Å². The number of nitrogens with zero attached hydrogens (tertiary/aromatic N) is 3. The summed E-state index contributed by atoms with van der Waals surface area (Å²) in [5.41, 5.74) is 12.0. The normalized spacial score (nSPS) is 15.1. The second-order valence-corrected chi connectivity index (χ2v) is 4.74. The number of carbonyl (C=O) groups is 1. The zero-order valence-electron chi connectivity index (χ0n) is 10.7. The number of nitriles is 1. The summed E-state index contributed by atoms with van der Waals surface area (Å²) in [4.78, 5) is 17.3. The summed E-state index contributed by atoms with van der Waals surface area (Å²) in [5, 5.41) is 9.00. The Balaban J connectivity index is 2.37. The van der Waals surface area contributed by atoms with Crippen molar-refractivity contribution < 1.29 is 4.79 Å². The molecule has 1 aromatic rings. The van der Waals surface area contributed by atoms with Crippen LogP contribution in [0, 0.1) is 11.3 Å². The molecule has 2 rings (SSSR count). The van der Waals surface area contributed by atoms with Gasteiger partial charge in [-0.1, -0.05) is 12.8 Å². The fraction of sp³-hybridized carbons (Fsp3) is 0.462. The molecule has 6 heteroatoms. The van der Waals surface area contributed by atoms with E-state index in [1.807, 2.05) is 11.0 Å². The Morgan fingerprint density at radius 2 is 2.21 bits per heavy atom. The minimum Gasteiger partial charge on any atom is -0.395 e. The van der Waals surface area contributed by atoms with Crippen molar-refractivity contribution in [2.75, 3.05) is 17.2 Å². The third-order valence-electron chi connectivity index (χ3n) is 3.45. The summed E-state index contributed by atoms with van der Waals surface area (Å²) in [6.45, 7) is 0.0801. The van der Waals surface area contributed by atoms with Crippen molar-refractivity contribution in [3.63, 3.8) is 0 Å². The predicted octanol–water partition coefficient (Wildman–Crippen LogP) is 0.770. The summed E-state index contributed by atoms with van der Waals surface area (Å²) >= 11 is 0. The molecule has 4 N–H and O–H groups in total. The molecule has 1 heterocycles. The second kappa shape index (κ2) is 5.57. The molecule has 0 unspecified atom stereocenters. The smallest absolute Gasteiger partial charge is 0.237 e. The van der Waals surface area contributed by atoms with Crippen molar-refractivity contribution in [3.8, 4) is 6.07 Å². The maximum absolute atomic E-state index is 11.3. The number of nitrogen functional groups attached to an aromatic ring is 1. The fourth-order valence-corrected chi connectivity index (χ4v) is 2.55. The summed E-state index contributed by atoms with van der Waals surface area (Å²) in [5.74, 6) is 0.0696. The monoisotopic (exact) mass is 259 g/mol. The zero-order chi connectivity index (χ0) is 13.8. The van der Waals surface area contributed by atoms with E-state index in [9.17, 15) is 4.79 Å². The molecule has 1 aromatic heterocycles. The van der Waals surface area contributed by atoms with E-state index in [2.05, 4.69) is 4.98 Å². The lowest BCUT2D eigenvalue weighted by Gasteiger charge is -2.29. The van der Waals surface area contributed by atoms with Crippen molar-refractivity contribution in [2.45, 2.75) is 31.7 Å². The van der Waals surface area contributed by atoms with Gasteiger partial charge in [0.05, 0.1) is 17.8 Å². The van der Waals surface area contributed by atoms with Gasteiger partial charge < -0.3 is 16.4 Å².